The lowest BCUT2D eigenvalue weighted by Crippen LogP contribution is -2.26. The summed E-state index contributed by atoms with van der Waals surface area (Å²) < 4.78 is 5.47. The fourth-order valence-electron chi connectivity index (χ4n) is 1.69. The SMILES string of the molecule is COC(C=O)(Sc1ccccc1)c1ccccc1. The number of methoxy groups -OCH3 is 1. The maximum Gasteiger partial charge on any atom is 0.199 e. The first-order valence-corrected chi connectivity index (χ1v) is 6.43. The molecule has 18 heavy (non-hydrogen) atoms. The average molecular weight is 258 g/mol. The van der Waals surface area contributed by atoms with E-state index < -0.39 is 4.93 Å². The summed E-state index contributed by atoms with van der Waals surface area (Å²) in [5, 5.41) is 0. The van der Waals surface area contributed by atoms with Crippen molar-refractivity contribution in [2.75, 3.05) is 7.11 Å². The topological polar surface area (TPSA) is 26.3 Å². The Balaban J connectivity index is 2.36. The Morgan fingerprint density at radius 1 is 1.00 bits per heavy atom. The normalized spacial score (nSPS) is 13.8. The average Bonchev–Trinajstić information content (AvgIpc) is 2.47. The Hall–Kier alpha value is -1.58. The Labute approximate surface area is 111 Å². The van der Waals surface area contributed by atoms with Gasteiger partial charge in [0.1, 0.15) is 0 Å². The third kappa shape index (κ3) is 2.63. The highest BCUT2D eigenvalue weighted by Gasteiger charge is 2.33. The molecule has 0 aromatic heterocycles. The highest BCUT2D eigenvalue weighted by atomic mass is 32.2. The van der Waals surface area contributed by atoms with Crippen molar-refractivity contribution < 1.29 is 9.53 Å². The van der Waals surface area contributed by atoms with E-state index >= 15 is 0 Å². The zero-order valence-corrected chi connectivity index (χ0v) is 10.9. The van der Waals surface area contributed by atoms with E-state index in [2.05, 4.69) is 0 Å². The van der Waals surface area contributed by atoms with Crippen molar-refractivity contribution in [3.05, 3.63) is 66.2 Å². The van der Waals surface area contributed by atoms with Gasteiger partial charge in [0.05, 0.1) is 0 Å². The highest BCUT2D eigenvalue weighted by molar-refractivity contribution is 8.00. The monoisotopic (exact) mass is 258 g/mol. The molecule has 0 N–H and O–H groups in total. The molecule has 3 heteroatoms. The van der Waals surface area contributed by atoms with Crippen molar-refractivity contribution in [2.45, 2.75) is 9.83 Å². The summed E-state index contributed by atoms with van der Waals surface area (Å²) in [5.41, 5.74) is 0.844. The predicted octanol–water partition coefficient (Wildman–Crippen LogP) is 3.48. The highest BCUT2D eigenvalue weighted by Crippen LogP contribution is 2.40. The molecule has 1 atom stereocenters. The number of ether oxygens (including phenoxy) is 1. The molecule has 2 rings (SSSR count). The van der Waals surface area contributed by atoms with Gasteiger partial charge < -0.3 is 4.74 Å². The van der Waals surface area contributed by atoms with Gasteiger partial charge in [-0.25, -0.2) is 0 Å². The van der Waals surface area contributed by atoms with Crippen molar-refractivity contribution in [1.82, 2.24) is 0 Å². The van der Waals surface area contributed by atoms with E-state index in [4.69, 9.17) is 4.74 Å². The molecule has 2 aromatic rings. The fourth-order valence-corrected chi connectivity index (χ4v) is 2.72. The van der Waals surface area contributed by atoms with Crippen LogP contribution in [0.2, 0.25) is 0 Å². The van der Waals surface area contributed by atoms with Crippen LogP contribution in [0.15, 0.2) is 65.6 Å². The number of aldehydes is 1. The molecule has 92 valence electrons. The van der Waals surface area contributed by atoms with Gasteiger partial charge in [-0.1, -0.05) is 60.3 Å². The van der Waals surface area contributed by atoms with Crippen LogP contribution in [0.4, 0.5) is 0 Å². The fraction of sp³-hybridized carbons (Fsp3) is 0.133. The third-order valence-electron chi connectivity index (χ3n) is 2.65. The molecule has 1 unspecified atom stereocenters. The van der Waals surface area contributed by atoms with Gasteiger partial charge in [-0.15, -0.1) is 0 Å². The van der Waals surface area contributed by atoms with Crippen molar-refractivity contribution >= 4 is 18.0 Å². The van der Waals surface area contributed by atoms with Gasteiger partial charge in [-0.05, 0) is 12.1 Å². The summed E-state index contributed by atoms with van der Waals surface area (Å²) in [6.07, 6.45) is 0.847. The molecule has 2 nitrogen and oxygen atoms in total. The molecule has 0 bridgehead atoms. The minimum atomic E-state index is -0.984. The zero-order valence-electron chi connectivity index (χ0n) is 10.1. The molecule has 0 spiro atoms. The number of hydrogen-bond acceptors (Lipinski definition) is 3. The van der Waals surface area contributed by atoms with E-state index in [1.54, 1.807) is 7.11 Å². The molecular formula is C15H14O2S. The van der Waals surface area contributed by atoms with Crippen molar-refractivity contribution in [2.24, 2.45) is 0 Å². The smallest absolute Gasteiger partial charge is 0.199 e. The van der Waals surface area contributed by atoms with Crippen LogP contribution in [0.5, 0.6) is 0 Å². The molecule has 0 saturated carbocycles. The predicted molar refractivity (Wildman–Crippen MR) is 73.5 cm³/mol. The van der Waals surface area contributed by atoms with Crippen molar-refractivity contribution in [3.63, 3.8) is 0 Å². The molecule has 0 amide bonds. The van der Waals surface area contributed by atoms with Crippen LogP contribution in [-0.4, -0.2) is 13.4 Å². The molecule has 0 fully saturated rings. The molecule has 0 radical (unpaired) electrons. The molecular weight excluding hydrogens is 244 g/mol. The van der Waals surface area contributed by atoms with Crippen molar-refractivity contribution in [1.29, 1.82) is 0 Å². The number of thioether (sulfide) groups is 1. The number of benzene rings is 2. The van der Waals surface area contributed by atoms with E-state index in [0.717, 1.165) is 16.7 Å². The third-order valence-corrected chi connectivity index (χ3v) is 3.96. The molecule has 0 saturated heterocycles. The van der Waals surface area contributed by atoms with Gasteiger partial charge in [0.25, 0.3) is 0 Å². The maximum atomic E-state index is 11.5. The van der Waals surface area contributed by atoms with Crippen molar-refractivity contribution in [3.8, 4) is 0 Å². The largest absolute Gasteiger partial charge is 0.356 e. The first-order valence-electron chi connectivity index (χ1n) is 5.62. The first kappa shape index (κ1) is 12.9. The second-order valence-corrected chi connectivity index (χ2v) is 5.05. The van der Waals surface area contributed by atoms with E-state index in [1.165, 1.54) is 11.8 Å². The molecule has 0 heterocycles. The van der Waals surface area contributed by atoms with E-state index in [9.17, 15) is 4.79 Å². The van der Waals surface area contributed by atoms with Gasteiger partial charge in [-0.3, -0.25) is 4.79 Å². The van der Waals surface area contributed by atoms with Gasteiger partial charge >= 0.3 is 0 Å². The quantitative estimate of drug-likeness (QED) is 0.466. The lowest BCUT2D eigenvalue weighted by Gasteiger charge is -2.26. The molecule has 0 aliphatic heterocycles. The summed E-state index contributed by atoms with van der Waals surface area (Å²) in [6.45, 7) is 0. The Kier molecular flexibility index (Phi) is 4.18. The van der Waals surface area contributed by atoms with Crippen LogP contribution in [-0.2, 0) is 14.5 Å². The van der Waals surface area contributed by atoms with Gasteiger partial charge in [0.2, 0.25) is 0 Å². The van der Waals surface area contributed by atoms with Gasteiger partial charge in [0, 0.05) is 17.6 Å². The van der Waals surface area contributed by atoms with E-state index in [-0.39, 0.29) is 0 Å². The number of rotatable bonds is 5. The lowest BCUT2D eigenvalue weighted by atomic mass is 10.1. The van der Waals surface area contributed by atoms with Crippen LogP contribution in [0.3, 0.4) is 0 Å². The standard InChI is InChI=1S/C15H14O2S/c1-17-15(12-16,13-8-4-2-5-9-13)18-14-10-6-3-7-11-14/h2-12H,1H3. The van der Waals surface area contributed by atoms with Crippen LogP contribution in [0, 0.1) is 0 Å². The minimum Gasteiger partial charge on any atom is -0.356 e. The summed E-state index contributed by atoms with van der Waals surface area (Å²) in [5.74, 6) is 0. The zero-order chi connectivity index (χ0) is 12.8. The van der Waals surface area contributed by atoms with Crippen LogP contribution in [0.1, 0.15) is 5.56 Å². The second kappa shape index (κ2) is 5.85. The van der Waals surface area contributed by atoms with Crippen LogP contribution < -0.4 is 0 Å². The van der Waals surface area contributed by atoms with Gasteiger partial charge in [0.15, 0.2) is 11.2 Å². The van der Waals surface area contributed by atoms with Crippen LogP contribution in [0.25, 0.3) is 0 Å². The van der Waals surface area contributed by atoms with E-state index in [0.29, 0.717) is 0 Å². The maximum absolute atomic E-state index is 11.5. The molecule has 2 aromatic carbocycles. The molecule has 0 aliphatic carbocycles. The minimum absolute atomic E-state index is 0.844. The Morgan fingerprint density at radius 3 is 2.06 bits per heavy atom. The number of hydrogen-bond donors (Lipinski definition) is 0. The number of carbonyl (C=O) groups is 1. The van der Waals surface area contributed by atoms with Crippen LogP contribution >= 0.6 is 11.8 Å². The molecule has 0 aliphatic rings. The Morgan fingerprint density at radius 2 is 1.56 bits per heavy atom. The summed E-state index contributed by atoms with van der Waals surface area (Å²) in [7, 11) is 1.55. The summed E-state index contributed by atoms with van der Waals surface area (Å²) in [6, 6.07) is 19.3. The lowest BCUT2D eigenvalue weighted by molar-refractivity contribution is -0.119. The van der Waals surface area contributed by atoms with E-state index in [1.807, 2.05) is 60.7 Å². The Bertz CT molecular complexity index is 498. The second-order valence-electron chi connectivity index (χ2n) is 3.77. The van der Waals surface area contributed by atoms with Gasteiger partial charge in [-0.2, -0.15) is 0 Å². The summed E-state index contributed by atoms with van der Waals surface area (Å²) >= 11 is 1.40. The number of carbonyl (C=O) groups excluding carboxylic acids is 1. The summed E-state index contributed by atoms with van der Waals surface area (Å²) in [4.78, 5) is 11.5. The first-order chi connectivity index (χ1) is 8.80.